The lowest BCUT2D eigenvalue weighted by Crippen LogP contribution is -2.22. The van der Waals surface area contributed by atoms with E-state index in [0.29, 0.717) is 0 Å². The first-order chi connectivity index (χ1) is 12.5. The van der Waals surface area contributed by atoms with Crippen LogP contribution in [-0.4, -0.2) is 19.7 Å². The predicted molar refractivity (Wildman–Crippen MR) is 124 cm³/mol. The van der Waals surface area contributed by atoms with E-state index >= 15 is 0 Å². The molecule has 0 saturated carbocycles. The quantitative estimate of drug-likeness (QED) is 0.146. The van der Waals surface area contributed by atoms with Gasteiger partial charge in [0.2, 0.25) is 6.08 Å². The molecule has 3 heteroatoms. The monoisotopic (exact) mass is 387 g/mol. The van der Waals surface area contributed by atoms with Crippen molar-refractivity contribution in [1.29, 1.82) is 0 Å². The zero-order valence-electron chi connectivity index (χ0n) is 19.0. The van der Waals surface area contributed by atoms with E-state index in [1.807, 2.05) is 6.92 Å². The molecule has 0 aromatic rings. The lowest BCUT2D eigenvalue weighted by Gasteiger charge is -2.20. The maximum atomic E-state index is 10.8. The summed E-state index contributed by atoms with van der Waals surface area (Å²) < 4.78 is 0. The smallest absolute Gasteiger partial charge is 0.211 e. The minimum absolute atomic E-state index is 0.430. The van der Waals surface area contributed by atoms with E-state index in [0.717, 1.165) is 38.5 Å². The molecular weight excluding hydrogens is 346 g/mol. The van der Waals surface area contributed by atoms with Gasteiger partial charge in [0.15, 0.2) is 0 Å². The van der Waals surface area contributed by atoms with Gasteiger partial charge in [-0.15, -0.1) is 0 Å². The molecule has 0 radical (unpaired) electrons. The number of rotatable bonds is 12. The molecule has 1 atom stereocenters. The summed E-state index contributed by atoms with van der Waals surface area (Å²) in [5, 5.41) is 0. The van der Waals surface area contributed by atoms with Gasteiger partial charge in [0.1, 0.15) is 0 Å². The van der Waals surface area contributed by atoms with Crippen molar-refractivity contribution in [3.05, 3.63) is 46.7 Å². The van der Waals surface area contributed by atoms with Crippen LogP contribution in [0, 0.1) is 0 Å². The van der Waals surface area contributed by atoms with Crippen LogP contribution in [0.15, 0.2) is 51.7 Å². The average molecular weight is 388 g/mol. The number of carbonyl (C=O) groups excluding carboxylic acids is 1. The largest absolute Gasteiger partial charge is 0.235 e. The minimum Gasteiger partial charge on any atom is -0.211 e. The Balaban J connectivity index is 4.52. The number of isocyanates is 1. The van der Waals surface area contributed by atoms with Crippen LogP contribution in [0.5, 0.6) is 0 Å². The van der Waals surface area contributed by atoms with Crippen LogP contribution in [0.3, 0.4) is 0 Å². The van der Waals surface area contributed by atoms with Gasteiger partial charge in [0.05, 0.1) is 13.6 Å². The summed E-state index contributed by atoms with van der Waals surface area (Å²) in [6.07, 6.45) is 17.1. The Bertz CT molecular complexity index is 609. The fourth-order valence-electron chi connectivity index (χ4n) is 2.66. The molecule has 0 fully saturated rings. The lowest BCUT2D eigenvalue weighted by molar-refractivity contribution is 0.517. The minimum atomic E-state index is -1.30. The summed E-state index contributed by atoms with van der Waals surface area (Å²) in [6, 6.07) is 0. The molecule has 0 aromatic heterocycles. The number of aliphatic imine (C=N–C) groups is 1. The van der Waals surface area contributed by atoms with Gasteiger partial charge in [0.25, 0.3) is 0 Å². The highest BCUT2D eigenvalue weighted by Crippen LogP contribution is 2.22. The highest BCUT2D eigenvalue weighted by molar-refractivity contribution is 6.80. The maximum Gasteiger partial charge on any atom is 0.235 e. The van der Waals surface area contributed by atoms with Crippen LogP contribution in [-0.2, 0) is 4.79 Å². The fraction of sp³-hybridized carbons (Fsp3) is 0.625. The first kappa shape index (κ1) is 25.6. The van der Waals surface area contributed by atoms with Gasteiger partial charge >= 0.3 is 0 Å². The number of nitrogens with zero attached hydrogens (tertiary/aromatic N) is 1. The summed E-state index contributed by atoms with van der Waals surface area (Å²) in [4.78, 5) is 14.9. The second-order valence-electron chi connectivity index (χ2n) is 9.26. The second kappa shape index (κ2) is 12.9. The van der Waals surface area contributed by atoms with Crippen molar-refractivity contribution in [3.8, 4) is 0 Å². The van der Waals surface area contributed by atoms with E-state index < -0.39 is 13.6 Å². The molecule has 0 heterocycles. The van der Waals surface area contributed by atoms with Crippen LogP contribution < -0.4 is 0 Å². The molecule has 0 unspecified atom stereocenters. The lowest BCUT2D eigenvalue weighted by atomic mass is 9.96. The van der Waals surface area contributed by atoms with E-state index in [9.17, 15) is 4.79 Å². The highest BCUT2D eigenvalue weighted by Gasteiger charge is 2.20. The van der Waals surface area contributed by atoms with Crippen LogP contribution in [0.4, 0.5) is 0 Å². The number of hydrogen-bond acceptors (Lipinski definition) is 2. The third kappa shape index (κ3) is 15.3. The summed E-state index contributed by atoms with van der Waals surface area (Å²) >= 11 is 0. The maximum absolute atomic E-state index is 10.8. The SMILES string of the molecule is CC(C)=CCC/C(C)=C/CC/C(C)=C/CC[C@@](C)(/C=C/[Si](C)(C)C)N=C=O. The molecule has 0 saturated heterocycles. The molecule has 0 bridgehead atoms. The third-order valence-electron chi connectivity index (χ3n) is 4.51. The summed E-state index contributed by atoms with van der Waals surface area (Å²) in [5.41, 5.74) is 6.12. The van der Waals surface area contributed by atoms with Crippen molar-refractivity contribution in [1.82, 2.24) is 0 Å². The average Bonchev–Trinajstić information content (AvgIpc) is 2.52. The first-order valence-corrected chi connectivity index (χ1v) is 13.8. The van der Waals surface area contributed by atoms with Crippen LogP contribution >= 0.6 is 0 Å². The Hall–Kier alpha value is -1.44. The van der Waals surface area contributed by atoms with Gasteiger partial charge in [-0.1, -0.05) is 66.4 Å². The highest BCUT2D eigenvalue weighted by atomic mass is 28.3. The Morgan fingerprint density at radius 3 is 1.93 bits per heavy atom. The molecule has 152 valence electrons. The topological polar surface area (TPSA) is 29.4 Å². The van der Waals surface area contributed by atoms with Gasteiger partial charge in [-0.25, -0.2) is 4.79 Å². The molecule has 0 aliphatic rings. The van der Waals surface area contributed by atoms with Gasteiger partial charge in [-0.05, 0) is 73.1 Å². The third-order valence-corrected chi connectivity index (χ3v) is 5.68. The molecule has 0 aliphatic carbocycles. The molecule has 0 spiro atoms. The molecule has 2 nitrogen and oxygen atoms in total. The normalized spacial score (nSPS) is 15.4. The summed E-state index contributed by atoms with van der Waals surface area (Å²) in [6.45, 7) is 17.6. The van der Waals surface area contributed by atoms with Gasteiger partial charge in [0, 0.05) is 0 Å². The van der Waals surface area contributed by atoms with E-state index in [-0.39, 0.29) is 0 Å². The van der Waals surface area contributed by atoms with E-state index in [1.54, 1.807) is 6.08 Å². The standard InChI is InChI=1S/C24H41NOSi/c1-21(2)12-9-13-22(3)14-10-15-23(4)16-11-17-24(5,25-20-26)18-19-27(6,7)8/h12,14,16,18-19H,9-11,13,15,17H2,1-8H3/b19-18+,22-14+,23-16+/t24-/m0/s1. The van der Waals surface area contributed by atoms with Crippen molar-refractivity contribution in [2.75, 3.05) is 0 Å². The zero-order chi connectivity index (χ0) is 20.9. The van der Waals surface area contributed by atoms with Crippen molar-refractivity contribution < 1.29 is 4.79 Å². The predicted octanol–water partition coefficient (Wildman–Crippen LogP) is 7.71. The first-order valence-electron chi connectivity index (χ1n) is 10.2. The molecule has 0 amide bonds. The molecule has 0 aliphatic heterocycles. The summed E-state index contributed by atoms with van der Waals surface area (Å²) in [5.74, 6) is 0. The molecule has 0 aromatic carbocycles. The molecule has 27 heavy (non-hydrogen) atoms. The second-order valence-corrected chi connectivity index (χ2v) is 14.3. The van der Waals surface area contributed by atoms with Crippen LogP contribution in [0.25, 0.3) is 0 Å². The van der Waals surface area contributed by atoms with Crippen molar-refractivity contribution in [3.63, 3.8) is 0 Å². The zero-order valence-corrected chi connectivity index (χ0v) is 20.0. The van der Waals surface area contributed by atoms with Crippen LogP contribution in [0.1, 0.15) is 73.1 Å². The van der Waals surface area contributed by atoms with Crippen LogP contribution in [0.2, 0.25) is 19.6 Å². The van der Waals surface area contributed by atoms with Crippen molar-refractivity contribution in [2.24, 2.45) is 4.99 Å². The molecule has 0 N–H and O–H groups in total. The summed E-state index contributed by atoms with van der Waals surface area (Å²) in [7, 11) is -1.30. The fourth-order valence-corrected chi connectivity index (χ4v) is 3.52. The number of allylic oxidation sites excluding steroid dienone is 6. The Kier molecular flexibility index (Phi) is 12.2. The molecular formula is C24H41NOSi. The number of hydrogen-bond donors (Lipinski definition) is 0. The van der Waals surface area contributed by atoms with Gasteiger partial charge in [-0.3, -0.25) is 0 Å². The molecule has 0 rings (SSSR count). The van der Waals surface area contributed by atoms with Gasteiger partial charge < -0.3 is 0 Å². The van der Waals surface area contributed by atoms with Crippen molar-refractivity contribution in [2.45, 2.75) is 98.3 Å². The van der Waals surface area contributed by atoms with E-state index in [1.165, 1.54) is 16.7 Å². The van der Waals surface area contributed by atoms with E-state index in [2.05, 4.69) is 82.3 Å². The Morgan fingerprint density at radius 2 is 1.44 bits per heavy atom. The Labute approximate surface area is 169 Å². The van der Waals surface area contributed by atoms with E-state index in [4.69, 9.17) is 0 Å². The Morgan fingerprint density at radius 1 is 0.926 bits per heavy atom. The van der Waals surface area contributed by atoms with Gasteiger partial charge in [-0.2, -0.15) is 4.99 Å². The van der Waals surface area contributed by atoms with Crippen molar-refractivity contribution >= 4 is 14.2 Å².